The minimum Gasteiger partial charge on any atom is -0.392 e. The molecule has 2 heterocycles. The lowest BCUT2D eigenvalue weighted by atomic mass is 10.1. The van der Waals surface area contributed by atoms with E-state index in [1.165, 1.54) is 24.8 Å². The smallest absolute Gasteiger partial charge is 0.392 e. The van der Waals surface area contributed by atoms with Crippen LogP contribution in [0, 0.1) is 0 Å². The molecular formula is C21H23N3O2S. The Hall–Kier alpha value is -2.44. The van der Waals surface area contributed by atoms with Crippen LogP contribution in [0.4, 0.5) is 4.79 Å². The normalized spacial score (nSPS) is 15.1. The summed E-state index contributed by atoms with van der Waals surface area (Å²) in [6.07, 6.45) is 3.07. The number of nitrogens with two attached hydrogens (primary N) is 1. The Labute approximate surface area is 162 Å². The molecule has 140 valence electrons. The second kappa shape index (κ2) is 8.06. The summed E-state index contributed by atoms with van der Waals surface area (Å²) in [5.41, 5.74) is 7.47. The number of aromatic nitrogens is 1. The summed E-state index contributed by atoms with van der Waals surface area (Å²) in [7, 11) is 0. The number of fused-ring (bicyclic) bond motifs is 1. The molecule has 1 amide bonds. The summed E-state index contributed by atoms with van der Waals surface area (Å²) in [5, 5.41) is 1.05. The van der Waals surface area contributed by atoms with Crippen molar-refractivity contribution in [2.45, 2.75) is 35.6 Å². The highest BCUT2D eigenvalue weighted by molar-refractivity contribution is 7.99. The van der Waals surface area contributed by atoms with E-state index in [0.717, 1.165) is 40.3 Å². The number of likely N-dealkylation sites (tertiary alicyclic amines) is 1. The van der Waals surface area contributed by atoms with Crippen LogP contribution in [-0.4, -0.2) is 29.1 Å². The van der Waals surface area contributed by atoms with Gasteiger partial charge in [-0.3, -0.25) is 4.90 Å². The number of amides is 1. The maximum Gasteiger partial charge on any atom is 0.411 e. The van der Waals surface area contributed by atoms with Crippen LogP contribution in [0.25, 0.3) is 10.9 Å². The Morgan fingerprint density at radius 3 is 2.63 bits per heavy atom. The standard InChI is InChI=1S/C21H23N3O2S/c22-21(25)26-20-19(27-16-7-3-1-4-8-16)17-13-15(9-10-18(17)23-20)14-24-11-5-2-6-12-24/h1,3-4,7-10,13,23H,2,5-6,11-12,14H2,(H2,22,25). The minimum atomic E-state index is -0.815. The monoisotopic (exact) mass is 381 g/mol. The topological polar surface area (TPSA) is 71.4 Å². The van der Waals surface area contributed by atoms with Crippen LogP contribution in [0.5, 0.6) is 5.88 Å². The third kappa shape index (κ3) is 4.28. The molecule has 0 spiro atoms. The Morgan fingerprint density at radius 1 is 1.11 bits per heavy atom. The van der Waals surface area contributed by atoms with Crippen LogP contribution in [0.3, 0.4) is 0 Å². The fraction of sp³-hybridized carbons (Fsp3) is 0.286. The average molecular weight is 382 g/mol. The lowest BCUT2D eigenvalue weighted by Crippen LogP contribution is -2.29. The highest BCUT2D eigenvalue weighted by atomic mass is 32.2. The quantitative estimate of drug-likeness (QED) is 0.668. The van der Waals surface area contributed by atoms with Gasteiger partial charge in [0.25, 0.3) is 0 Å². The maximum atomic E-state index is 11.3. The second-order valence-electron chi connectivity index (χ2n) is 6.84. The molecule has 6 heteroatoms. The zero-order valence-electron chi connectivity index (χ0n) is 15.1. The summed E-state index contributed by atoms with van der Waals surface area (Å²) in [6, 6.07) is 16.4. The molecule has 5 nitrogen and oxygen atoms in total. The van der Waals surface area contributed by atoms with Gasteiger partial charge in [-0.1, -0.05) is 42.4 Å². The average Bonchev–Trinajstić information content (AvgIpc) is 2.99. The molecule has 1 saturated heterocycles. The largest absolute Gasteiger partial charge is 0.411 e. The minimum absolute atomic E-state index is 0.404. The summed E-state index contributed by atoms with van der Waals surface area (Å²) >= 11 is 1.57. The third-order valence-corrected chi connectivity index (χ3v) is 5.92. The number of nitrogens with one attached hydrogen (secondary N) is 1. The van der Waals surface area contributed by atoms with Gasteiger partial charge in [0.15, 0.2) is 0 Å². The van der Waals surface area contributed by atoms with Crippen molar-refractivity contribution >= 4 is 28.8 Å². The van der Waals surface area contributed by atoms with E-state index in [0.29, 0.717) is 5.88 Å². The van der Waals surface area contributed by atoms with Crippen molar-refractivity contribution in [1.82, 2.24) is 9.88 Å². The Bertz CT molecular complexity index is 933. The van der Waals surface area contributed by atoms with Crippen molar-refractivity contribution < 1.29 is 9.53 Å². The first-order valence-corrected chi connectivity index (χ1v) is 10.1. The molecule has 3 N–H and O–H groups in total. The molecule has 0 bridgehead atoms. The second-order valence-corrected chi connectivity index (χ2v) is 7.92. The van der Waals surface area contributed by atoms with Crippen LogP contribution in [0.2, 0.25) is 0 Å². The predicted molar refractivity (Wildman–Crippen MR) is 108 cm³/mol. The molecule has 0 aliphatic carbocycles. The van der Waals surface area contributed by atoms with Gasteiger partial charge in [0, 0.05) is 22.3 Å². The molecule has 27 heavy (non-hydrogen) atoms. The highest BCUT2D eigenvalue weighted by Gasteiger charge is 2.18. The lowest BCUT2D eigenvalue weighted by Gasteiger charge is -2.26. The van der Waals surface area contributed by atoms with Crippen LogP contribution in [-0.2, 0) is 6.54 Å². The molecular weight excluding hydrogens is 358 g/mol. The van der Waals surface area contributed by atoms with E-state index in [-0.39, 0.29) is 0 Å². The highest BCUT2D eigenvalue weighted by Crippen LogP contribution is 2.41. The molecule has 1 aromatic heterocycles. The molecule has 3 aromatic rings. The van der Waals surface area contributed by atoms with Gasteiger partial charge in [-0.15, -0.1) is 0 Å². The van der Waals surface area contributed by atoms with Crippen molar-refractivity contribution in [3.8, 4) is 5.88 Å². The van der Waals surface area contributed by atoms with E-state index in [1.807, 2.05) is 30.3 Å². The van der Waals surface area contributed by atoms with Crippen LogP contribution in [0.15, 0.2) is 58.3 Å². The molecule has 0 radical (unpaired) electrons. The van der Waals surface area contributed by atoms with Gasteiger partial charge in [-0.2, -0.15) is 0 Å². The number of nitrogens with zero attached hydrogens (tertiary/aromatic N) is 1. The fourth-order valence-electron chi connectivity index (χ4n) is 3.54. The van der Waals surface area contributed by atoms with Crippen LogP contribution < -0.4 is 10.5 Å². The van der Waals surface area contributed by atoms with E-state index in [1.54, 1.807) is 11.8 Å². The molecule has 4 rings (SSSR count). The number of H-pyrrole nitrogens is 1. The molecule has 0 atom stereocenters. The van der Waals surface area contributed by atoms with E-state index >= 15 is 0 Å². The van der Waals surface area contributed by atoms with Gasteiger partial charge >= 0.3 is 6.09 Å². The van der Waals surface area contributed by atoms with Gasteiger partial charge in [0.05, 0.1) is 4.90 Å². The van der Waals surface area contributed by atoms with E-state index in [4.69, 9.17) is 10.5 Å². The molecule has 1 aliphatic rings. The Balaban J connectivity index is 1.69. The number of hydrogen-bond acceptors (Lipinski definition) is 4. The number of aromatic amines is 1. The summed E-state index contributed by atoms with van der Waals surface area (Å²) < 4.78 is 5.24. The summed E-state index contributed by atoms with van der Waals surface area (Å²) in [6.45, 7) is 3.27. The first kappa shape index (κ1) is 17.9. The van der Waals surface area contributed by atoms with E-state index in [2.05, 4.69) is 28.1 Å². The van der Waals surface area contributed by atoms with Gasteiger partial charge in [-0.05, 0) is 55.8 Å². The van der Waals surface area contributed by atoms with Crippen molar-refractivity contribution in [3.05, 3.63) is 54.1 Å². The number of carbonyl (C=O) groups excluding carboxylic acids is 1. The number of rotatable bonds is 5. The van der Waals surface area contributed by atoms with Gasteiger partial charge < -0.3 is 15.5 Å². The molecule has 1 fully saturated rings. The molecule has 0 unspecified atom stereocenters. The van der Waals surface area contributed by atoms with Crippen LogP contribution in [0.1, 0.15) is 24.8 Å². The Kier molecular flexibility index (Phi) is 5.36. The number of piperidine rings is 1. The zero-order valence-corrected chi connectivity index (χ0v) is 15.9. The summed E-state index contributed by atoms with van der Waals surface area (Å²) in [4.78, 5) is 19.0. The lowest BCUT2D eigenvalue weighted by molar-refractivity contribution is 0.208. The SMILES string of the molecule is NC(=O)Oc1[nH]c2ccc(CN3CCCCC3)cc2c1Sc1ccccc1. The summed E-state index contributed by atoms with van der Waals surface area (Å²) in [5.74, 6) is 0.404. The number of ether oxygens (including phenoxy) is 1. The number of carbonyl (C=O) groups is 1. The number of primary amides is 1. The fourth-order valence-corrected chi connectivity index (χ4v) is 4.54. The first-order valence-electron chi connectivity index (χ1n) is 9.26. The van der Waals surface area contributed by atoms with Gasteiger partial charge in [-0.25, -0.2) is 4.79 Å². The molecule has 1 aliphatic heterocycles. The predicted octanol–water partition coefficient (Wildman–Crippen LogP) is 4.76. The third-order valence-electron chi connectivity index (χ3n) is 4.80. The van der Waals surface area contributed by atoms with Gasteiger partial charge in [0.2, 0.25) is 5.88 Å². The van der Waals surface area contributed by atoms with E-state index in [9.17, 15) is 4.79 Å². The van der Waals surface area contributed by atoms with Crippen molar-refractivity contribution in [2.24, 2.45) is 5.73 Å². The van der Waals surface area contributed by atoms with E-state index < -0.39 is 6.09 Å². The van der Waals surface area contributed by atoms with Crippen molar-refractivity contribution in [1.29, 1.82) is 0 Å². The van der Waals surface area contributed by atoms with Crippen LogP contribution >= 0.6 is 11.8 Å². The van der Waals surface area contributed by atoms with Gasteiger partial charge in [0.1, 0.15) is 0 Å². The number of benzene rings is 2. The zero-order chi connectivity index (χ0) is 18.6. The van der Waals surface area contributed by atoms with Crippen molar-refractivity contribution in [2.75, 3.05) is 13.1 Å². The molecule has 2 aromatic carbocycles. The maximum absolute atomic E-state index is 11.3. The first-order chi connectivity index (χ1) is 13.2. The number of hydrogen-bond donors (Lipinski definition) is 2. The van der Waals surface area contributed by atoms with Crippen molar-refractivity contribution in [3.63, 3.8) is 0 Å². The molecule has 0 saturated carbocycles. The Morgan fingerprint density at radius 2 is 1.89 bits per heavy atom.